The van der Waals surface area contributed by atoms with E-state index in [0.717, 1.165) is 0 Å². The summed E-state index contributed by atoms with van der Waals surface area (Å²) in [6, 6.07) is 1.33. The number of rotatable bonds is 1. The van der Waals surface area contributed by atoms with Crippen molar-refractivity contribution in [3.05, 3.63) is 22.1 Å². The van der Waals surface area contributed by atoms with Gasteiger partial charge in [0.1, 0.15) is 11.0 Å². The second kappa shape index (κ2) is 4.31. The highest BCUT2D eigenvalue weighted by molar-refractivity contribution is 6.36. The van der Waals surface area contributed by atoms with Crippen LogP contribution in [0.15, 0.2) is 6.07 Å². The molecule has 0 aliphatic rings. The molecule has 0 atom stereocenters. The topological polar surface area (TPSA) is 91.0 Å². The summed E-state index contributed by atoms with van der Waals surface area (Å²) in [5.74, 6) is -0.573. The molecule has 0 saturated carbocycles. The molecule has 2 heterocycles. The number of nitrogen functional groups attached to an aromatic ring is 1. The maximum atomic E-state index is 11.3. The molecule has 6 nitrogen and oxygen atoms in total. The third kappa shape index (κ3) is 2.09. The number of carbonyl (C=O) groups is 1. The normalized spacial score (nSPS) is 10.5. The second-order valence-corrected chi connectivity index (χ2v) is 3.80. The zero-order chi connectivity index (χ0) is 12.6. The molecule has 0 aliphatic carbocycles. The predicted molar refractivity (Wildman–Crippen MR) is 63.1 cm³/mol. The Morgan fingerprint density at radius 2 is 2.00 bits per heavy atom. The van der Waals surface area contributed by atoms with Crippen molar-refractivity contribution in [1.82, 2.24) is 15.0 Å². The summed E-state index contributed by atoms with van der Waals surface area (Å²) in [7, 11) is 1.24. The van der Waals surface area contributed by atoms with Gasteiger partial charge >= 0.3 is 5.97 Å². The molecule has 0 unspecified atom stereocenters. The van der Waals surface area contributed by atoms with Gasteiger partial charge in [0, 0.05) is 0 Å². The van der Waals surface area contributed by atoms with Gasteiger partial charge in [-0.3, -0.25) is 0 Å². The fraction of sp³-hybridized carbons (Fsp3) is 0.111. The number of methoxy groups -OCH3 is 1. The molecular formula is C9H6Cl2N4O2. The van der Waals surface area contributed by atoms with E-state index in [-0.39, 0.29) is 32.9 Å². The Bertz CT molecular complexity index is 617. The van der Waals surface area contributed by atoms with Crippen LogP contribution in [-0.4, -0.2) is 28.0 Å². The maximum absolute atomic E-state index is 11.3. The molecule has 0 fully saturated rings. The predicted octanol–water partition coefficient (Wildman–Crippen LogP) is 1.70. The zero-order valence-corrected chi connectivity index (χ0v) is 10.1. The van der Waals surface area contributed by atoms with E-state index >= 15 is 0 Å². The van der Waals surface area contributed by atoms with E-state index in [2.05, 4.69) is 19.7 Å². The highest BCUT2D eigenvalue weighted by Gasteiger charge is 2.15. The summed E-state index contributed by atoms with van der Waals surface area (Å²) in [5, 5.41) is 0.163. The van der Waals surface area contributed by atoms with E-state index < -0.39 is 5.97 Å². The van der Waals surface area contributed by atoms with Gasteiger partial charge in [-0.15, -0.1) is 0 Å². The first kappa shape index (κ1) is 11.8. The first-order valence-corrected chi connectivity index (χ1v) is 5.16. The summed E-state index contributed by atoms with van der Waals surface area (Å²) >= 11 is 11.6. The minimum absolute atomic E-state index is 0.0302. The van der Waals surface area contributed by atoms with Gasteiger partial charge in [0.25, 0.3) is 0 Å². The molecule has 0 bridgehead atoms. The fourth-order valence-corrected chi connectivity index (χ4v) is 1.68. The molecule has 2 aromatic rings. The van der Waals surface area contributed by atoms with Gasteiger partial charge in [-0.1, -0.05) is 11.6 Å². The van der Waals surface area contributed by atoms with Crippen molar-refractivity contribution in [1.29, 1.82) is 0 Å². The van der Waals surface area contributed by atoms with Crippen LogP contribution >= 0.6 is 23.2 Å². The van der Waals surface area contributed by atoms with Crippen LogP contribution in [0.25, 0.3) is 11.0 Å². The quantitative estimate of drug-likeness (QED) is 0.628. The summed E-state index contributed by atoms with van der Waals surface area (Å²) < 4.78 is 4.54. The SMILES string of the molecule is COC(=O)c1cc(Cl)c2nc(Cl)nc(N)c2n1. The van der Waals surface area contributed by atoms with Crippen LogP contribution in [0.4, 0.5) is 5.82 Å². The molecular weight excluding hydrogens is 267 g/mol. The number of ether oxygens (including phenoxy) is 1. The van der Waals surface area contributed by atoms with Crippen molar-refractivity contribution in [2.75, 3.05) is 12.8 Å². The molecule has 0 saturated heterocycles. The van der Waals surface area contributed by atoms with Crippen LogP contribution in [0.2, 0.25) is 10.3 Å². The fourth-order valence-electron chi connectivity index (χ4n) is 1.27. The molecule has 88 valence electrons. The lowest BCUT2D eigenvalue weighted by Gasteiger charge is -2.05. The molecule has 0 aliphatic heterocycles. The number of aromatic nitrogens is 3. The molecule has 2 N–H and O–H groups in total. The lowest BCUT2D eigenvalue weighted by atomic mass is 10.3. The van der Waals surface area contributed by atoms with Gasteiger partial charge in [-0.2, -0.15) is 4.98 Å². The Morgan fingerprint density at radius 1 is 1.29 bits per heavy atom. The Balaban J connectivity index is 2.77. The van der Waals surface area contributed by atoms with E-state index in [1.807, 2.05) is 0 Å². The number of halogens is 2. The molecule has 0 aromatic carbocycles. The summed E-state index contributed by atoms with van der Waals surface area (Å²) in [4.78, 5) is 22.9. The van der Waals surface area contributed by atoms with Crippen LogP contribution in [0.5, 0.6) is 0 Å². The molecule has 0 spiro atoms. The van der Waals surface area contributed by atoms with Crippen molar-refractivity contribution in [2.24, 2.45) is 0 Å². The standard InChI is InChI=1S/C9H6Cl2N4O2/c1-17-8(16)4-2-3(10)5-6(13-4)7(12)15-9(11)14-5/h2H,1H3,(H2,12,14,15). The van der Waals surface area contributed by atoms with Gasteiger partial charge in [-0.25, -0.2) is 14.8 Å². The van der Waals surface area contributed by atoms with Crippen molar-refractivity contribution in [2.45, 2.75) is 0 Å². The number of hydrogen-bond acceptors (Lipinski definition) is 6. The molecule has 0 amide bonds. The Labute approximate surface area is 106 Å². The smallest absolute Gasteiger partial charge is 0.356 e. The average molecular weight is 273 g/mol. The van der Waals surface area contributed by atoms with Gasteiger partial charge in [0.15, 0.2) is 11.5 Å². The van der Waals surface area contributed by atoms with Gasteiger partial charge in [0.05, 0.1) is 12.1 Å². The minimum atomic E-state index is -0.622. The van der Waals surface area contributed by atoms with Gasteiger partial charge < -0.3 is 10.5 Å². The maximum Gasteiger partial charge on any atom is 0.356 e. The number of carbonyl (C=O) groups excluding carboxylic acids is 1. The number of hydrogen-bond donors (Lipinski definition) is 1. The number of nitrogens with zero attached hydrogens (tertiary/aromatic N) is 3. The first-order chi connectivity index (χ1) is 8.02. The first-order valence-electron chi connectivity index (χ1n) is 4.40. The second-order valence-electron chi connectivity index (χ2n) is 3.06. The molecule has 2 aromatic heterocycles. The monoisotopic (exact) mass is 272 g/mol. The number of nitrogens with two attached hydrogens (primary N) is 1. The molecule has 8 heteroatoms. The Kier molecular flexibility index (Phi) is 2.99. The van der Waals surface area contributed by atoms with Crippen molar-refractivity contribution < 1.29 is 9.53 Å². The molecule has 17 heavy (non-hydrogen) atoms. The average Bonchev–Trinajstić information content (AvgIpc) is 2.29. The van der Waals surface area contributed by atoms with Crippen LogP contribution in [0.3, 0.4) is 0 Å². The highest BCUT2D eigenvalue weighted by atomic mass is 35.5. The van der Waals surface area contributed by atoms with Crippen molar-refractivity contribution in [3.63, 3.8) is 0 Å². The van der Waals surface area contributed by atoms with E-state index in [9.17, 15) is 4.79 Å². The van der Waals surface area contributed by atoms with Crippen LogP contribution < -0.4 is 5.73 Å². The number of anilines is 1. The minimum Gasteiger partial charge on any atom is -0.464 e. The molecule has 0 radical (unpaired) electrons. The number of esters is 1. The van der Waals surface area contributed by atoms with E-state index in [4.69, 9.17) is 28.9 Å². The highest BCUT2D eigenvalue weighted by Crippen LogP contribution is 2.25. The van der Waals surface area contributed by atoms with Gasteiger partial charge in [-0.05, 0) is 17.7 Å². The third-order valence-electron chi connectivity index (χ3n) is 2.00. The zero-order valence-electron chi connectivity index (χ0n) is 8.57. The van der Waals surface area contributed by atoms with E-state index in [0.29, 0.717) is 0 Å². The van der Waals surface area contributed by atoms with E-state index in [1.54, 1.807) is 0 Å². The molecule has 2 rings (SSSR count). The summed E-state index contributed by atoms with van der Waals surface area (Å²) in [6.45, 7) is 0. The third-order valence-corrected chi connectivity index (χ3v) is 2.46. The van der Waals surface area contributed by atoms with Crippen molar-refractivity contribution in [3.8, 4) is 0 Å². The lowest BCUT2D eigenvalue weighted by molar-refractivity contribution is 0.0594. The van der Waals surface area contributed by atoms with Crippen LogP contribution in [0, 0.1) is 0 Å². The summed E-state index contributed by atoms with van der Waals surface area (Å²) in [6.07, 6.45) is 0. The Morgan fingerprint density at radius 3 is 2.65 bits per heavy atom. The van der Waals surface area contributed by atoms with Crippen LogP contribution in [0.1, 0.15) is 10.5 Å². The number of pyridine rings is 1. The van der Waals surface area contributed by atoms with Crippen molar-refractivity contribution >= 4 is 46.0 Å². The lowest BCUT2D eigenvalue weighted by Crippen LogP contribution is -2.06. The van der Waals surface area contributed by atoms with Crippen LogP contribution in [-0.2, 0) is 4.74 Å². The Hall–Kier alpha value is -1.66. The van der Waals surface area contributed by atoms with E-state index in [1.165, 1.54) is 13.2 Å². The largest absolute Gasteiger partial charge is 0.464 e. The number of fused-ring (bicyclic) bond motifs is 1. The van der Waals surface area contributed by atoms with Gasteiger partial charge in [0.2, 0.25) is 5.28 Å². The summed E-state index contributed by atoms with van der Waals surface area (Å²) in [5.41, 5.74) is 6.16.